The normalized spacial score (nSPS) is 22.1. The smallest absolute Gasteiger partial charge is 0.125 e. The molecule has 1 aliphatic rings. The van der Waals surface area contributed by atoms with Crippen molar-refractivity contribution in [3.05, 3.63) is 11.6 Å². The van der Waals surface area contributed by atoms with E-state index in [0.717, 1.165) is 24.8 Å². The van der Waals surface area contributed by atoms with Gasteiger partial charge in [-0.3, -0.25) is 0 Å². The third-order valence-electron chi connectivity index (χ3n) is 3.43. The standard InChI is InChI=1S/C13H24FN/c1-10(2)12(9-15)13(14)11-7-5-3-4-6-8-11/h7,10,12-13H,3-6,8-9,15H2,1-2H3. The quantitative estimate of drug-likeness (QED) is 0.711. The molecule has 2 heteroatoms. The summed E-state index contributed by atoms with van der Waals surface area (Å²) in [5.74, 6) is 0.323. The van der Waals surface area contributed by atoms with Gasteiger partial charge in [0.15, 0.2) is 0 Å². The molecule has 0 aromatic heterocycles. The van der Waals surface area contributed by atoms with Gasteiger partial charge in [-0.05, 0) is 43.7 Å². The summed E-state index contributed by atoms with van der Waals surface area (Å²) in [5.41, 5.74) is 6.66. The minimum Gasteiger partial charge on any atom is -0.330 e. The number of nitrogens with two attached hydrogens (primary N) is 1. The first-order valence-corrected chi connectivity index (χ1v) is 6.20. The van der Waals surface area contributed by atoms with Crippen molar-refractivity contribution in [1.82, 2.24) is 0 Å². The Morgan fingerprint density at radius 3 is 2.67 bits per heavy atom. The predicted molar refractivity (Wildman–Crippen MR) is 63.4 cm³/mol. The van der Waals surface area contributed by atoms with Crippen molar-refractivity contribution >= 4 is 0 Å². The van der Waals surface area contributed by atoms with Gasteiger partial charge in [0.25, 0.3) is 0 Å². The van der Waals surface area contributed by atoms with Crippen LogP contribution < -0.4 is 5.73 Å². The molecule has 0 spiro atoms. The van der Waals surface area contributed by atoms with Crippen LogP contribution in [0.2, 0.25) is 0 Å². The average molecular weight is 213 g/mol. The Morgan fingerprint density at radius 2 is 2.07 bits per heavy atom. The maximum absolute atomic E-state index is 14.2. The maximum Gasteiger partial charge on any atom is 0.125 e. The SMILES string of the molecule is CC(C)C(CN)C(F)C1=CCCCCC1. The topological polar surface area (TPSA) is 26.0 Å². The zero-order chi connectivity index (χ0) is 11.3. The Bertz CT molecular complexity index is 211. The van der Waals surface area contributed by atoms with E-state index in [9.17, 15) is 4.39 Å². The second-order valence-corrected chi connectivity index (χ2v) is 4.92. The van der Waals surface area contributed by atoms with Crippen molar-refractivity contribution in [3.8, 4) is 0 Å². The lowest BCUT2D eigenvalue weighted by atomic mass is 9.86. The number of halogens is 1. The fraction of sp³-hybridized carbons (Fsp3) is 0.846. The van der Waals surface area contributed by atoms with E-state index in [-0.39, 0.29) is 5.92 Å². The van der Waals surface area contributed by atoms with Gasteiger partial charge in [-0.1, -0.05) is 26.3 Å². The summed E-state index contributed by atoms with van der Waals surface area (Å²) in [6.45, 7) is 4.57. The number of rotatable bonds is 4. The van der Waals surface area contributed by atoms with Crippen molar-refractivity contribution in [3.63, 3.8) is 0 Å². The van der Waals surface area contributed by atoms with Gasteiger partial charge in [-0.15, -0.1) is 0 Å². The minimum absolute atomic E-state index is 0.00523. The summed E-state index contributed by atoms with van der Waals surface area (Å²) < 4.78 is 14.2. The van der Waals surface area contributed by atoms with Crippen LogP contribution in [0.4, 0.5) is 4.39 Å². The zero-order valence-electron chi connectivity index (χ0n) is 10.0. The van der Waals surface area contributed by atoms with Crippen LogP contribution in [0.3, 0.4) is 0 Å². The van der Waals surface area contributed by atoms with Crippen LogP contribution in [-0.2, 0) is 0 Å². The molecule has 0 amide bonds. The Kier molecular flexibility index (Phi) is 5.30. The average Bonchev–Trinajstić information content (AvgIpc) is 2.45. The third-order valence-corrected chi connectivity index (χ3v) is 3.43. The molecule has 0 aromatic carbocycles. The molecule has 0 bridgehead atoms. The Hall–Kier alpha value is -0.370. The summed E-state index contributed by atoms with van der Waals surface area (Å²) in [7, 11) is 0. The number of alkyl halides is 1. The molecule has 0 radical (unpaired) electrons. The Labute approximate surface area is 92.9 Å². The molecule has 15 heavy (non-hydrogen) atoms. The lowest BCUT2D eigenvalue weighted by Crippen LogP contribution is -2.30. The fourth-order valence-corrected chi connectivity index (χ4v) is 2.29. The highest BCUT2D eigenvalue weighted by molar-refractivity contribution is 5.11. The summed E-state index contributed by atoms with van der Waals surface area (Å²) in [6.07, 6.45) is 6.88. The Balaban J connectivity index is 2.63. The van der Waals surface area contributed by atoms with Gasteiger partial charge in [-0.2, -0.15) is 0 Å². The first-order valence-electron chi connectivity index (χ1n) is 6.20. The van der Waals surface area contributed by atoms with Crippen molar-refractivity contribution < 1.29 is 4.39 Å². The minimum atomic E-state index is -0.812. The number of hydrogen-bond donors (Lipinski definition) is 1. The third kappa shape index (κ3) is 3.60. The van der Waals surface area contributed by atoms with Crippen LogP contribution in [0.5, 0.6) is 0 Å². The van der Waals surface area contributed by atoms with Gasteiger partial charge in [0.2, 0.25) is 0 Å². The summed E-state index contributed by atoms with van der Waals surface area (Å²) >= 11 is 0. The van der Waals surface area contributed by atoms with Gasteiger partial charge >= 0.3 is 0 Å². The molecule has 2 atom stereocenters. The van der Waals surface area contributed by atoms with E-state index < -0.39 is 6.17 Å². The molecule has 0 heterocycles. The van der Waals surface area contributed by atoms with Crippen LogP contribution in [-0.4, -0.2) is 12.7 Å². The first-order chi connectivity index (χ1) is 7.16. The molecule has 2 unspecified atom stereocenters. The van der Waals surface area contributed by atoms with E-state index in [2.05, 4.69) is 19.9 Å². The highest BCUT2D eigenvalue weighted by atomic mass is 19.1. The molecule has 0 saturated carbocycles. The largest absolute Gasteiger partial charge is 0.330 e. The molecule has 0 aliphatic heterocycles. The van der Waals surface area contributed by atoms with E-state index in [1.165, 1.54) is 12.8 Å². The van der Waals surface area contributed by atoms with Crippen LogP contribution in [0, 0.1) is 11.8 Å². The monoisotopic (exact) mass is 213 g/mol. The molecule has 0 saturated heterocycles. The molecule has 1 rings (SSSR count). The zero-order valence-corrected chi connectivity index (χ0v) is 10.0. The first kappa shape index (κ1) is 12.7. The molecular weight excluding hydrogens is 189 g/mol. The molecule has 2 N–H and O–H groups in total. The van der Waals surface area contributed by atoms with Gasteiger partial charge in [0.05, 0.1) is 0 Å². The lowest BCUT2D eigenvalue weighted by molar-refractivity contribution is 0.214. The summed E-state index contributed by atoms with van der Waals surface area (Å²) in [5, 5.41) is 0. The molecule has 1 nitrogen and oxygen atoms in total. The molecular formula is C13H24FN. The van der Waals surface area contributed by atoms with Gasteiger partial charge in [0.1, 0.15) is 6.17 Å². The van der Waals surface area contributed by atoms with Gasteiger partial charge in [0, 0.05) is 5.92 Å². The molecule has 1 aliphatic carbocycles. The second-order valence-electron chi connectivity index (χ2n) is 4.92. The fourth-order valence-electron chi connectivity index (χ4n) is 2.29. The molecule has 0 fully saturated rings. The number of hydrogen-bond acceptors (Lipinski definition) is 1. The summed E-state index contributed by atoms with van der Waals surface area (Å²) in [4.78, 5) is 0. The van der Waals surface area contributed by atoms with E-state index in [0.29, 0.717) is 12.5 Å². The van der Waals surface area contributed by atoms with Crippen LogP contribution in [0.25, 0.3) is 0 Å². The van der Waals surface area contributed by atoms with Crippen LogP contribution >= 0.6 is 0 Å². The van der Waals surface area contributed by atoms with Crippen molar-refractivity contribution in [2.24, 2.45) is 17.6 Å². The maximum atomic E-state index is 14.2. The van der Waals surface area contributed by atoms with Crippen molar-refractivity contribution in [2.75, 3.05) is 6.54 Å². The molecule has 88 valence electrons. The summed E-state index contributed by atoms with van der Waals surface area (Å²) in [6, 6.07) is 0. The molecule has 0 aromatic rings. The van der Waals surface area contributed by atoms with E-state index >= 15 is 0 Å². The van der Waals surface area contributed by atoms with E-state index in [1.54, 1.807) is 0 Å². The van der Waals surface area contributed by atoms with Crippen molar-refractivity contribution in [2.45, 2.75) is 52.1 Å². The predicted octanol–water partition coefficient (Wildman–Crippen LogP) is 3.45. The van der Waals surface area contributed by atoms with Crippen LogP contribution in [0.15, 0.2) is 11.6 Å². The van der Waals surface area contributed by atoms with Gasteiger partial charge in [-0.25, -0.2) is 4.39 Å². The van der Waals surface area contributed by atoms with Crippen molar-refractivity contribution in [1.29, 1.82) is 0 Å². The van der Waals surface area contributed by atoms with Crippen LogP contribution in [0.1, 0.15) is 46.0 Å². The van der Waals surface area contributed by atoms with E-state index in [4.69, 9.17) is 5.73 Å². The highest BCUT2D eigenvalue weighted by Gasteiger charge is 2.26. The van der Waals surface area contributed by atoms with E-state index in [1.807, 2.05) is 0 Å². The highest BCUT2D eigenvalue weighted by Crippen LogP contribution is 2.29. The van der Waals surface area contributed by atoms with Gasteiger partial charge < -0.3 is 5.73 Å². The lowest BCUT2D eigenvalue weighted by Gasteiger charge is -2.25. The number of allylic oxidation sites excluding steroid dienone is 2. The second kappa shape index (κ2) is 6.26. The Morgan fingerprint density at radius 1 is 1.33 bits per heavy atom.